The van der Waals surface area contributed by atoms with E-state index in [0.717, 1.165) is 0 Å². The van der Waals surface area contributed by atoms with Gasteiger partial charge in [-0.15, -0.1) is 11.8 Å². The van der Waals surface area contributed by atoms with Crippen LogP contribution in [-0.4, -0.2) is 58.3 Å². The number of esters is 2. The lowest BCUT2D eigenvalue weighted by Gasteiger charge is -2.38. The summed E-state index contributed by atoms with van der Waals surface area (Å²) in [6.45, 7) is 4.93. The molecule has 0 bridgehead atoms. The maximum atomic E-state index is 13.6. The number of thioether (sulfide) groups is 1. The summed E-state index contributed by atoms with van der Waals surface area (Å²) in [6, 6.07) is 3.17. The van der Waals surface area contributed by atoms with Gasteiger partial charge in [-0.3, -0.25) is 4.79 Å². The van der Waals surface area contributed by atoms with Crippen molar-refractivity contribution in [3.8, 4) is 0 Å². The predicted octanol–water partition coefficient (Wildman–Crippen LogP) is 4.17. The standard InChI is InChI=1S/C22H25Cl3FNO7S/c1-21(2,3)34-20(31)27-22(19(30)33-9-24)11(7-35-10-4-5-13(26)12(25)6-10)17(28)14-15(16(14)22)18(29)32-8-23/h4-6,11,14-17,28H,7-9H2,1-3H3,(H,27,31)/t11?,14-,15-,16?,17+,22-/m0/s1. The first-order valence-corrected chi connectivity index (χ1v) is 13.0. The molecule has 1 aromatic carbocycles. The summed E-state index contributed by atoms with van der Waals surface area (Å²) >= 11 is 18.2. The van der Waals surface area contributed by atoms with Gasteiger partial charge in [-0.2, -0.15) is 0 Å². The Morgan fingerprint density at radius 2 is 1.86 bits per heavy atom. The van der Waals surface area contributed by atoms with Gasteiger partial charge in [-0.25, -0.2) is 14.0 Å². The number of fused-ring (bicyclic) bond motifs is 1. The van der Waals surface area contributed by atoms with Gasteiger partial charge in [-0.05, 0) is 39.0 Å². The summed E-state index contributed by atoms with van der Waals surface area (Å²) in [4.78, 5) is 39.3. The first-order valence-electron chi connectivity index (χ1n) is 10.6. The zero-order valence-electron chi connectivity index (χ0n) is 19.1. The lowest BCUT2D eigenvalue weighted by Crippen LogP contribution is -2.63. The van der Waals surface area contributed by atoms with E-state index in [1.807, 2.05) is 0 Å². The number of alkyl halides is 2. The first-order chi connectivity index (χ1) is 16.4. The van der Waals surface area contributed by atoms with Gasteiger partial charge in [0.05, 0.1) is 17.0 Å². The molecule has 3 rings (SSSR count). The number of amides is 1. The summed E-state index contributed by atoms with van der Waals surface area (Å²) in [6.07, 6.45) is -2.14. The molecular formula is C22H25Cl3FNO7S. The first kappa shape index (κ1) is 28.1. The van der Waals surface area contributed by atoms with E-state index in [2.05, 4.69) is 5.32 Å². The Morgan fingerprint density at radius 3 is 2.43 bits per heavy atom. The van der Waals surface area contributed by atoms with Crippen LogP contribution in [0.25, 0.3) is 0 Å². The normalized spacial score (nSPS) is 29.2. The molecule has 194 valence electrons. The van der Waals surface area contributed by atoms with E-state index in [9.17, 15) is 23.9 Å². The summed E-state index contributed by atoms with van der Waals surface area (Å²) in [7, 11) is 0. The van der Waals surface area contributed by atoms with Crippen LogP contribution >= 0.6 is 46.6 Å². The molecule has 35 heavy (non-hydrogen) atoms. The highest BCUT2D eigenvalue weighted by Gasteiger charge is 2.80. The van der Waals surface area contributed by atoms with Gasteiger partial charge < -0.3 is 24.6 Å². The quantitative estimate of drug-likeness (QED) is 0.207. The molecule has 2 saturated carbocycles. The van der Waals surface area contributed by atoms with Gasteiger partial charge in [0, 0.05) is 28.4 Å². The van der Waals surface area contributed by atoms with Crippen LogP contribution in [0.2, 0.25) is 5.02 Å². The molecule has 0 spiro atoms. The molecular weight excluding hydrogens is 548 g/mol. The molecule has 0 aliphatic heterocycles. The van der Waals surface area contributed by atoms with Crippen LogP contribution in [0.3, 0.4) is 0 Å². The lowest BCUT2D eigenvalue weighted by molar-refractivity contribution is -0.155. The molecule has 6 atom stereocenters. The van der Waals surface area contributed by atoms with Crippen LogP contribution in [0, 0.1) is 29.5 Å². The number of ether oxygens (including phenoxy) is 3. The third-order valence-corrected chi connectivity index (χ3v) is 7.63. The summed E-state index contributed by atoms with van der Waals surface area (Å²) in [5, 5.41) is 13.7. The number of alkyl carbamates (subject to hydrolysis) is 1. The van der Waals surface area contributed by atoms with Crippen molar-refractivity contribution in [2.24, 2.45) is 23.7 Å². The second-order valence-electron chi connectivity index (χ2n) is 9.22. The van der Waals surface area contributed by atoms with Crippen molar-refractivity contribution in [3.05, 3.63) is 29.0 Å². The van der Waals surface area contributed by atoms with Crippen LogP contribution in [0.4, 0.5) is 9.18 Å². The highest BCUT2D eigenvalue weighted by Crippen LogP contribution is 2.65. The maximum Gasteiger partial charge on any atom is 0.408 e. The third-order valence-electron chi connectivity index (χ3n) is 6.01. The highest BCUT2D eigenvalue weighted by molar-refractivity contribution is 7.99. The number of hydrogen-bond acceptors (Lipinski definition) is 8. The maximum absolute atomic E-state index is 13.6. The second kappa shape index (κ2) is 10.9. The molecule has 2 fully saturated rings. The number of halogens is 4. The van der Waals surface area contributed by atoms with Gasteiger partial charge in [0.15, 0.2) is 17.7 Å². The summed E-state index contributed by atoms with van der Waals surface area (Å²) in [5.74, 6) is -5.51. The average molecular weight is 573 g/mol. The SMILES string of the molecule is CC(C)(C)OC(=O)N[C@@]1(C(=O)OCCl)C(CSc2ccc(F)c(Cl)c2)[C@@H](O)[C@@H]2C1[C@H]2C(=O)OCCl. The van der Waals surface area contributed by atoms with Crippen LogP contribution in [-0.2, 0) is 23.8 Å². The van der Waals surface area contributed by atoms with Gasteiger partial charge in [-0.1, -0.05) is 34.8 Å². The van der Waals surface area contributed by atoms with E-state index in [1.54, 1.807) is 20.8 Å². The molecule has 1 amide bonds. The fourth-order valence-corrected chi connectivity index (χ4v) is 6.37. The van der Waals surface area contributed by atoms with Crippen LogP contribution in [0.15, 0.2) is 23.1 Å². The minimum Gasteiger partial charge on any atom is -0.449 e. The topological polar surface area (TPSA) is 111 Å². The third kappa shape index (κ3) is 5.77. The smallest absolute Gasteiger partial charge is 0.408 e. The molecule has 2 unspecified atom stereocenters. The van der Waals surface area contributed by atoms with Gasteiger partial charge in [0.25, 0.3) is 0 Å². The van der Waals surface area contributed by atoms with E-state index in [0.29, 0.717) is 4.90 Å². The van der Waals surface area contributed by atoms with E-state index >= 15 is 0 Å². The number of carbonyl (C=O) groups is 3. The van der Waals surface area contributed by atoms with E-state index in [-0.39, 0.29) is 10.8 Å². The minimum absolute atomic E-state index is 0.0839. The van der Waals surface area contributed by atoms with Crippen molar-refractivity contribution in [3.63, 3.8) is 0 Å². The van der Waals surface area contributed by atoms with E-state index in [4.69, 9.17) is 49.0 Å². The molecule has 8 nitrogen and oxygen atoms in total. The Hall–Kier alpha value is -1.46. The van der Waals surface area contributed by atoms with E-state index in [1.165, 1.54) is 30.0 Å². The monoisotopic (exact) mass is 571 g/mol. The minimum atomic E-state index is -1.85. The van der Waals surface area contributed by atoms with Crippen molar-refractivity contribution in [1.29, 1.82) is 0 Å². The van der Waals surface area contributed by atoms with Crippen molar-refractivity contribution < 1.29 is 38.1 Å². The molecule has 0 saturated heterocycles. The summed E-state index contributed by atoms with van der Waals surface area (Å²) in [5.41, 5.74) is -2.75. The summed E-state index contributed by atoms with van der Waals surface area (Å²) < 4.78 is 28.9. The molecule has 0 heterocycles. The van der Waals surface area contributed by atoms with Crippen LogP contribution in [0.5, 0.6) is 0 Å². The average Bonchev–Trinajstić information content (AvgIpc) is 3.45. The Balaban J connectivity index is 1.98. The molecule has 0 aromatic heterocycles. The van der Waals surface area contributed by atoms with Crippen molar-refractivity contribution in [2.45, 2.75) is 42.9 Å². The highest BCUT2D eigenvalue weighted by atomic mass is 35.5. The zero-order valence-corrected chi connectivity index (χ0v) is 22.1. The number of nitrogens with one attached hydrogen (secondary N) is 1. The fourth-order valence-electron chi connectivity index (χ4n) is 4.72. The van der Waals surface area contributed by atoms with Crippen molar-refractivity contribution in [1.82, 2.24) is 5.32 Å². The predicted molar refractivity (Wildman–Crippen MR) is 128 cm³/mol. The number of rotatable bonds is 8. The Morgan fingerprint density at radius 1 is 1.20 bits per heavy atom. The number of benzene rings is 1. The number of carbonyl (C=O) groups excluding carboxylic acids is 3. The van der Waals surface area contributed by atoms with Crippen LogP contribution in [0.1, 0.15) is 20.8 Å². The molecule has 2 aliphatic rings. The molecule has 13 heteroatoms. The number of aliphatic hydroxyl groups is 1. The second-order valence-corrected chi connectivity index (χ2v) is 11.2. The van der Waals surface area contributed by atoms with Gasteiger partial charge in [0.2, 0.25) is 0 Å². The lowest BCUT2D eigenvalue weighted by atomic mass is 9.80. The molecule has 1 aromatic rings. The van der Waals surface area contributed by atoms with Gasteiger partial charge in [0.1, 0.15) is 11.4 Å². The Bertz CT molecular complexity index is 994. The fraction of sp³-hybridized carbons (Fsp3) is 0.591. The molecule has 2 aliphatic carbocycles. The molecule has 2 N–H and O–H groups in total. The zero-order chi connectivity index (χ0) is 26.1. The Kier molecular flexibility index (Phi) is 8.74. The van der Waals surface area contributed by atoms with E-state index < -0.39 is 76.9 Å². The van der Waals surface area contributed by atoms with Crippen molar-refractivity contribution in [2.75, 3.05) is 17.9 Å². The van der Waals surface area contributed by atoms with Crippen LogP contribution < -0.4 is 5.32 Å². The Labute approximate surface area is 221 Å². The van der Waals surface area contributed by atoms with Gasteiger partial charge >= 0.3 is 18.0 Å². The molecule has 0 radical (unpaired) electrons. The largest absolute Gasteiger partial charge is 0.449 e. The van der Waals surface area contributed by atoms with Crippen molar-refractivity contribution >= 4 is 64.6 Å². The number of hydrogen-bond donors (Lipinski definition) is 2. The number of aliphatic hydroxyl groups excluding tert-OH is 1.